The van der Waals surface area contributed by atoms with Crippen LogP contribution in [0.1, 0.15) is 57.5 Å². The third kappa shape index (κ3) is 3.32. The number of amides is 2. The van der Waals surface area contributed by atoms with Crippen molar-refractivity contribution in [1.82, 2.24) is 15.2 Å². The van der Waals surface area contributed by atoms with Crippen molar-refractivity contribution >= 4 is 23.2 Å². The lowest BCUT2D eigenvalue weighted by atomic mass is 10.1. The van der Waals surface area contributed by atoms with Crippen LogP contribution in [0.25, 0.3) is 0 Å². The molecule has 2 unspecified atom stereocenters. The Morgan fingerprint density at radius 1 is 1.33 bits per heavy atom. The number of thiazole rings is 1. The number of hydrogen-bond donors (Lipinski definition) is 1. The number of aromatic nitrogens is 1. The third-order valence-electron chi connectivity index (χ3n) is 4.05. The number of imide groups is 1. The molecule has 1 aliphatic heterocycles. The van der Waals surface area contributed by atoms with Crippen LogP contribution in [-0.2, 0) is 9.59 Å². The molecule has 0 radical (unpaired) electrons. The van der Waals surface area contributed by atoms with Crippen LogP contribution in [0.3, 0.4) is 0 Å². The van der Waals surface area contributed by atoms with Crippen LogP contribution < -0.4 is 5.32 Å². The van der Waals surface area contributed by atoms with Gasteiger partial charge in [-0.25, -0.2) is 4.98 Å². The summed E-state index contributed by atoms with van der Waals surface area (Å²) in [6.07, 6.45) is 4.49. The quantitative estimate of drug-likeness (QED) is 0.786. The van der Waals surface area contributed by atoms with Gasteiger partial charge in [-0.1, -0.05) is 20.8 Å². The van der Waals surface area contributed by atoms with Gasteiger partial charge in [0.1, 0.15) is 5.01 Å². The van der Waals surface area contributed by atoms with E-state index >= 15 is 0 Å². The maximum Gasteiger partial charge on any atom is 0.247 e. The fourth-order valence-electron chi connectivity index (χ4n) is 2.83. The van der Waals surface area contributed by atoms with Gasteiger partial charge in [-0.2, -0.15) is 0 Å². The lowest BCUT2D eigenvalue weighted by Crippen LogP contribution is -2.44. The first-order valence-corrected chi connectivity index (χ1v) is 8.51. The number of likely N-dealkylation sites (tertiary alicyclic amines) is 1. The van der Waals surface area contributed by atoms with Gasteiger partial charge in [-0.3, -0.25) is 19.8 Å². The Morgan fingerprint density at radius 2 is 2.05 bits per heavy atom. The van der Waals surface area contributed by atoms with E-state index < -0.39 is 6.04 Å². The van der Waals surface area contributed by atoms with E-state index in [4.69, 9.17) is 0 Å². The van der Waals surface area contributed by atoms with Crippen LogP contribution in [0.4, 0.5) is 0 Å². The highest BCUT2D eigenvalue weighted by atomic mass is 32.1. The van der Waals surface area contributed by atoms with E-state index in [9.17, 15) is 9.59 Å². The lowest BCUT2D eigenvalue weighted by Gasteiger charge is -2.25. The number of carbonyl (C=O) groups excluding carboxylic acids is 2. The summed E-state index contributed by atoms with van der Waals surface area (Å²) in [7, 11) is 0. The average molecular weight is 309 g/mol. The van der Waals surface area contributed by atoms with Gasteiger partial charge in [0.25, 0.3) is 0 Å². The summed E-state index contributed by atoms with van der Waals surface area (Å²) in [6, 6.07) is -0.350. The van der Waals surface area contributed by atoms with Crippen molar-refractivity contribution in [2.75, 3.05) is 0 Å². The molecule has 1 saturated heterocycles. The van der Waals surface area contributed by atoms with Crippen molar-refractivity contribution in [2.45, 2.75) is 64.6 Å². The van der Waals surface area contributed by atoms with Crippen LogP contribution in [-0.4, -0.2) is 33.8 Å². The summed E-state index contributed by atoms with van der Waals surface area (Å²) in [5.74, 6) is -0.135. The Balaban J connectivity index is 2.08. The van der Waals surface area contributed by atoms with Gasteiger partial charge >= 0.3 is 0 Å². The standard InChI is InChI=1S/C15H23N3O2S/c1-4-10(5-2)18-13(19)9-12(15(18)20)17-11(6-3)14-16-7-8-21-14/h7-8,10-12,17H,4-6,9H2,1-3H3. The molecule has 0 spiro atoms. The molecule has 2 rings (SSSR count). The van der Waals surface area contributed by atoms with E-state index in [1.165, 1.54) is 4.90 Å². The molecule has 2 atom stereocenters. The van der Waals surface area contributed by atoms with E-state index in [0.717, 1.165) is 24.3 Å². The smallest absolute Gasteiger partial charge is 0.247 e. The first kappa shape index (κ1) is 16.1. The zero-order chi connectivity index (χ0) is 15.4. The zero-order valence-corrected chi connectivity index (χ0v) is 13.7. The monoisotopic (exact) mass is 309 g/mol. The number of hydrogen-bond acceptors (Lipinski definition) is 5. The molecule has 1 fully saturated rings. The van der Waals surface area contributed by atoms with Crippen molar-refractivity contribution in [1.29, 1.82) is 0 Å². The third-order valence-corrected chi connectivity index (χ3v) is 4.94. The number of rotatable bonds is 7. The number of carbonyl (C=O) groups is 2. The van der Waals surface area contributed by atoms with Gasteiger partial charge in [-0.05, 0) is 19.3 Å². The van der Waals surface area contributed by atoms with Gasteiger partial charge in [-0.15, -0.1) is 11.3 Å². The number of nitrogens with zero attached hydrogens (tertiary/aromatic N) is 2. The van der Waals surface area contributed by atoms with E-state index in [2.05, 4.69) is 17.2 Å². The minimum atomic E-state index is -0.410. The second-order valence-electron chi connectivity index (χ2n) is 5.33. The Hall–Kier alpha value is -1.27. The van der Waals surface area contributed by atoms with Crippen LogP contribution in [0.15, 0.2) is 11.6 Å². The summed E-state index contributed by atoms with van der Waals surface area (Å²) in [5, 5.41) is 6.22. The summed E-state index contributed by atoms with van der Waals surface area (Å²) < 4.78 is 0. The van der Waals surface area contributed by atoms with E-state index in [-0.39, 0.29) is 30.3 Å². The molecule has 21 heavy (non-hydrogen) atoms. The Kier molecular flexibility index (Phi) is 5.47. The first-order valence-electron chi connectivity index (χ1n) is 7.63. The summed E-state index contributed by atoms with van der Waals surface area (Å²) in [5.41, 5.74) is 0. The van der Waals surface area contributed by atoms with Crippen molar-refractivity contribution in [2.24, 2.45) is 0 Å². The summed E-state index contributed by atoms with van der Waals surface area (Å²) >= 11 is 1.57. The largest absolute Gasteiger partial charge is 0.296 e. The van der Waals surface area contributed by atoms with Crippen molar-refractivity contribution in [3.8, 4) is 0 Å². The molecular weight excluding hydrogens is 286 g/mol. The lowest BCUT2D eigenvalue weighted by molar-refractivity contribution is -0.141. The molecule has 2 amide bonds. The van der Waals surface area contributed by atoms with E-state index in [0.29, 0.717) is 0 Å². The maximum absolute atomic E-state index is 12.5. The van der Waals surface area contributed by atoms with Gasteiger partial charge in [0.05, 0.1) is 18.5 Å². The van der Waals surface area contributed by atoms with Gasteiger partial charge in [0.15, 0.2) is 0 Å². The fourth-order valence-corrected chi connectivity index (χ4v) is 3.61. The second kappa shape index (κ2) is 7.13. The minimum absolute atomic E-state index is 0.0248. The predicted molar refractivity (Wildman–Crippen MR) is 82.9 cm³/mol. The van der Waals surface area contributed by atoms with Gasteiger partial charge in [0, 0.05) is 17.6 Å². The highest BCUT2D eigenvalue weighted by Gasteiger charge is 2.42. The molecule has 1 aliphatic rings. The van der Waals surface area contributed by atoms with Crippen LogP contribution in [0.2, 0.25) is 0 Å². The fraction of sp³-hybridized carbons (Fsp3) is 0.667. The van der Waals surface area contributed by atoms with Crippen LogP contribution in [0, 0.1) is 0 Å². The SMILES string of the molecule is CCC(NC1CC(=O)N(C(CC)CC)C1=O)c1nccs1. The van der Waals surface area contributed by atoms with Crippen molar-refractivity contribution < 1.29 is 9.59 Å². The van der Waals surface area contributed by atoms with E-state index in [1.54, 1.807) is 17.5 Å². The highest BCUT2D eigenvalue weighted by molar-refractivity contribution is 7.09. The molecule has 0 bridgehead atoms. The Bertz CT molecular complexity index is 485. The molecule has 0 aromatic carbocycles. The predicted octanol–water partition coefficient (Wildman–Crippen LogP) is 2.50. The molecule has 1 aromatic rings. The zero-order valence-electron chi connectivity index (χ0n) is 12.8. The van der Waals surface area contributed by atoms with Crippen LogP contribution in [0.5, 0.6) is 0 Å². The van der Waals surface area contributed by atoms with Crippen molar-refractivity contribution in [3.05, 3.63) is 16.6 Å². The molecular formula is C15H23N3O2S. The van der Waals surface area contributed by atoms with Gasteiger partial charge < -0.3 is 0 Å². The van der Waals surface area contributed by atoms with Crippen LogP contribution >= 0.6 is 11.3 Å². The maximum atomic E-state index is 12.5. The molecule has 0 aliphatic carbocycles. The first-order chi connectivity index (χ1) is 10.1. The molecule has 0 saturated carbocycles. The molecule has 2 heterocycles. The second-order valence-corrected chi connectivity index (χ2v) is 6.25. The van der Waals surface area contributed by atoms with Gasteiger partial charge in [0.2, 0.25) is 11.8 Å². The number of nitrogens with one attached hydrogen (secondary N) is 1. The van der Waals surface area contributed by atoms with E-state index in [1.807, 2.05) is 19.2 Å². The normalized spacial score (nSPS) is 20.6. The molecule has 1 aromatic heterocycles. The summed E-state index contributed by atoms with van der Waals surface area (Å²) in [6.45, 7) is 6.08. The topological polar surface area (TPSA) is 62.3 Å². The molecule has 1 N–H and O–H groups in total. The Labute approximate surface area is 129 Å². The van der Waals surface area contributed by atoms with Crippen molar-refractivity contribution in [3.63, 3.8) is 0 Å². The molecule has 5 nitrogen and oxygen atoms in total. The molecule has 6 heteroatoms. The Morgan fingerprint density at radius 3 is 2.57 bits per heavy atom. The summed E-state index contributed by atoms with van der Waals surface area (Å²) in [4.78, 5) is 30.5. The highest BCUT2D eigenvalue weighted by Crippen LogP contribution is 2.25. The average Bonchev–Trinajstić information content (AvgIpc) is 3.09. The minimum Gasteiger partial charge on any atom is -0.296 e. The molecule has 116 valence electrons.